The molecule has 1 saturated heterocycles. The molecular weight excluding hydrogens is 250 g/mol. The van der Waals surface area contributed by atoms with Gasteiger partial charge in [0.05, 0.1) is 12.6 Å². The number of rotatable bonds is 3. The van der Waals surface area contributed by atoms with Crippen molar-refractivity contribution in [1.82, 2.24) is 4.90 Å². The van der Waals surface area contributed by atoms with Crippen molar-refractivity contribution in [2.45, 2.75) is 58.9 Å². The Labute approximate surface area is 122 Å². The van der Waals surface area contributed by atoms with Gasteiger partial charge in [-0.3, -0.25) is 4.79 Å². The van der Waals surface area contributed by atoms with Crippen LogP contribution in [0.1, 0.15) is 52.9 Å². The molecule has 0 aromatic heterocycles. The van der Waals surface area contributed by atoms with Gasteiger partial charge in [0.2, 0.25) is 5.91 Å². The molecule has 20 heavy (non-hydrogen) atoms. The molecule has 0 radical (unpaired) electrons. The lowest BCUT2D eigenvalue weighted by atomic mass is 9.80. The molecule has 114 valence electrons. The fourth-order valence-electron chi connectivity index (χ4n) is 5.00. The number of aliphatic hydroxyl groups is 1. The highest BCUT2D eigenvalue weighted by Crippen LogP contribution is 2.64. The number of amides is 1. The number of hydrogen-bond acceptors (Lipinski definition) is 2. The summed E-state index contributed by atoms with van der Waals surface area (Å²) in [5.41, 5.74) is 0.332. The number of carbonyl (C=O) groups excluding carboxylic acids is 1. The molecule has 3 fully saturated rings. The number of piperidine rings is 1. The second-order valence-corrected chi connectivity index (χ2v) is 7.88. The van der Waals surface area contributed by atoms with Crippen LogP contribution in [0.25, 0.3) is 0 Å². The molecule has 2 aliphatic carbocycles. The first kappa shape index (κ1) is 14.4. The molecule has 1 amide bonds. The Morgan fingerprint density at radius 1 is 1.30 bits per heavy atom. The highest BCUT2D eigenvalue weighted by Gasteiger charge is 2.67. The largest absolute Gasteiger partial charge is 0.394 e. The number of likely N-dealkylation sites (tertiary alicyclic amines) is 1. The molecule has 3 rings (SSSR count). The Morgan fingerprint density at radius 2 is 1.95 bits per heavy atom. The van der Waals surface area contributed by atoms with Gasteiger partial charge in [0, 0.05) is 12.5 Å². The number of carbonyl (C=O) groups is 1. The lowest BCUT2D eigenvalue weighted by molar-refractivity contribution is -0.140. The predicted octanol–water partition coefficient (Wildman–Crippen LogP) is 2.68. The molecule has 3 aliphatic rings. The quantitative estimate of drug-likeness (QED) is 0.863. The van der Waals surface area contributed by atoms with Crippen molar-refractivity contribution in [2.75, 3.05) is 13.2 Å². The summed E-state index contributed by atoms with van der Waals surface area (Å²) in [7, 11) is 0. The van der Waals surface area contributed by atoms with Crippen LogP contribution in [0.5, 0.6) is 0 Å². The van der Waals surface area contributed by atoms with Crippen LogP contribution >= 0.6 is 0 Å². The molecule has 0 aromatic carbocycles. The summed E-state index contributed by atoms with van der Waals surface area (Å²) in [6.45, 7) is 7.67. The van der Waals surface area contributed by atoms with Gasteiger partial charge in [-0.25, -0.2) is 0 Å². The van der Waals surface area contributed by atoms with E-state index in [-0.39, 0.29) is 18.6 Å². The highest BCUT2D eigenvalue weighted by atomic mass is 16.3. The van der Waals surface area contributed by atoms with Crippen molar-refractivity contribution < 1.29 is 9.90 Å². The average molecular weight is 279 g/mol. The minimum Gasteiger partial charge on any atom is -0.394 e. The van der Waals surface area contributed by atoms with Crippen LogP contribution in [0.15, 0.2) is 0 Å². The van der Waals surface area contributed by atoms with E-state index >= 15 is 0 Å². The maximum atomic E-state index is 12.8. The summed E-state index contributed by atoms with van der Waals surface area (Å²) in [5.74, 6) is 2.15. The van der Waals surface area contributed by atoms with Crippen molar-refractivity contribution in [2.24, 2.45) is 29.1 Å². The van der Waals surface area contributed by atoms with Crippen LogP contribution in [0.3, 0.4) is 0 Å². The zero-order chi connectivity index (χ0) is 14.5. The number of hydrogen-bond donors (Lipinski definition) is 1. The lowest BCUT2D eigenvalue weighted by Crippen LogP contribution is -2.46. The average Bonchev–Trinajstić information content (AvgIpc) is 2.85. The molecule has 1 heterocycles. The summed E-state index contributed by atoms with van der Waals surface area (Å²) in [5, 5.41) is 9.71. The number of aliphatic hydroxyl groups excluding tert-OH is 1. The van der Waals surface area contributed by atoms with E-state index in [2.05, 4.69) is 20.8 Å². The normalized spacial score (nSPS) is 37.6. The van der Waals surface area contributed by atoms with Crippen molar-refractivity contribution >= 4 is 5.91 Å². The molecule has 1 aliphatic heterocycles. The smallest absolute Gasteiger partial charge is 0.226 e. The zero-order valence-corrected chi connectivity index (χ0v) is 13.1. The van der Waals surface area contributed by atoms with Gasteiger partial charge >= 0.3 is 0 Å². The van der Waals surface area contributed by atoms with Crippen molar-refractivity contribution in [3.8, 4) is 0 Å². The fourth-order valence-corrected chi connectivity index (χ4v) is 5.00. The first-order valence-electron chi connectivity index (χ1n) is 8.39. The lowest BCUT2D eigenvalue weighted by Gasteiger charge is -2.35. The van der Waals surface area contributed by atoms with E-state index in [1.807, 2.05) is 4.90 Å². The summed E-state index contributed by atoms with van der Waals surface area (Å²) < 4.78 is 0. The van der Waals surface area contributed by atoms with E-state index in [0.717, 1.165) is 6.54 Å². The van der Waals surface area contributed by atoms with Gasteiger partial charge in [-0.2, -0.15) is 0 Å². The van der Waals surface area contributed by atoms with Gasteiger partial charge in [0.15, 0.2) is 0 Å². The summed E-state index contributed by atoms with van der Waals surface area (Å²) in [6.07, 6.45) is 6.32. The van der Waals surface area contributed by atoms with Crippen LogP contribution in [-0.4, -0.2) is 35.1 Å². The summed E-state index contributed by atoms with van der Waals surface area (Å²) in [6, 6.07) is 0.0774. The zero-order valence-electron chi connectivity index (χ0n) is 13.1. The van der Waals surface area contributed by atoms with Gasteiger partial charge in [-0.05, 0) is 36.0 Å². The second-order valence-electron chi connectivity index (χ2n) is 7.88. The molecule has 2 saturated carbocycles. The van der Waals surface area contributed by atoms with E-state index in [9.17, 15) is 9.90 Å². The summed E-state index contributed by atoms with van der Waals surface area (Å²) >= 11 is 0. The van der Waals surface area contributed by atoms with Crippen LogP contribution in [0, 0.1) is 29.1 Å². The third-order valence-corrected chi connectivity index (χ3v) is 6.56. The standard InChI is InChI=1S/C17H29NO2/c1-11(12-7-5-4-6-8-12)16(20)18-9-13-15(14(18)10-19)17(13,2)3/h11-15,19H,4-10H2,1-3H3/t11-,13-,14+,15-/m0/s1. The third-order valence-electron chi connectivity index (χ3n) is 6.56. The number of nitrogens with zero attached hydrogens (tertiary/aromatic N) is 1. The molecule has 0 bridgehead atoms. The molecular formula is C17H29NO2. The van der Waals surface area contributed by atoms with Crippen LogP contribution in [0.2, 0.25) is 0 Å². The second kappa shape index (κ2) is 5.01. The molecule has 3 nitrogen and oxygen atoms in total. The third kappa shape index (κ3) is 2.09. The minimum atomic E-state index is 0.0774. The Kier molecular flexibility index (Phi) is 3.60. The summed E-state index contributed by atoms with van der Waals surface area (Å²) in [4.78, 5) is 14.8. The Hall–Kier alpha value is -0.570. The maximum absolute atomic E-state index is 12.8. The SMILES string of the molecule is C[C@H](C(=O)N1C[C@H]2[C@@H]([C@H]1CO)C2(C)C)C1CCCCC1. The van der Waals surface area contributed by atoms with Crippen LogP contribution < -0.4 is 0 Å². The fraction of sp³-hybridized carbons (Fsp3) is 0.941. The van der Waals surface area contributed by atoms with Crippen molar-refractivity contribution in [1.29, 1.82) is 0 Å². The molecule has 0 spiro atoms. The van der Waals surface area contributed by atoms with E-state index in [4.69, 9.17) is 0 Å². The monoisotopic (exact) mass is 279 g/mol. The van der Waals surface area contributed by atoms with Gasteiger partial charge in [-0.15, -0.1) is 0 Å². The highest BCUT2D eigenvalue weighted by molar-refractivity contribution is 5.80. The first-order valence-corrected chi connectivity index (χ1v) is 8.39. The maximum Gasteiger partial charge on any atom is 0.226 e. The Morgan fingerprint density at radius 3 is 2.55 bits per heavy atom. The van der Waals surface area contributed by atoms with Gasteiger partial charge in [0.25, 0.3) is 0 Å². The first-order chi connectivity index (χ1) is 9.48. The number of fused-ring (bicyclic) bond motifs is 1. The van der Waals surface area contributed by atoms with Gasteiger partial charge in [-0.1, -0.05) is 40.0 Å². The topological polar surface area (TPSA) is 40.5 Å². The Bertz CT molecular complexity index is 386. The Balaban J connectivity index is 1.65. The van der Waals surface area contributed by atoms with E-state index in [1.54, 1.807) is 0 Å². The van der Waals surface area contributed by atoms with Crippen molar-refractivity contribution in [3.05, 3.63) is 0 Å². The van der Waals surface area contributed by atoms with E-state index in [1.165, 1.54) is 32.1 Å². The molecule has 0 aromatic rings. The van der Waals surface area contributed by atoms with Gasteiger partial charge in [0.1, 0.15) is 0 Å². The van der Waals surface area contributed by atoms with Gasteiger partial charge < -0.3 is 10.0 Å². The molecule has 0 unspecified atom stereocenters. The van der Waals surface area contributed by atoms with Crippen LogP contribution in [-0.2, 0) is 4.79 Å². The molecule has 1 N–H and O–H groups in total. The van der Waals surface area contributed by atoms with E-state index in [0.29, 0.717) is 29.1 Å². The minimum absolute atomic E-state index is 0.0774. The predicted molar refractivity (Wildman–Crippen MR) is 79.1 cm³/mol. The van der Waals surface area contributed by atoms with E-state index < -0.39 is 0 Å². The van der Waals surface area contributed by atoms with Crippen LogP contribution in [0.4, 0.5) is 0 Å². The molecule has 4 atom stereocenters. The molecule has 3 heteroatoms. The van der Waals surface area contributed by atoms with Crippen molar-refractivity contribution in [3.63, 3.8) is 0 Å².